The Balaban J connectivity index is 0.000000145. The van der Waals surface area contributed by atoms with Crippen molar-refractivity contribution in [3.63, 3.8) is 0 Å². The maximum atomic E-state index is 5.75. The van der Waals surface area contributed by atoms with Crippen LogP contribution in [0.25, 0.3) is 121 Å². The molecule has 1 heterocycles. The minimum Gasteiger partial charge on any atom is -0.310 e. The number of rotatable bonds is 12. The molecule has 0 atom stereocenters. The Labute approximate surface area is 626 Å². The van der Waals surface area contributed by atoms with E-state index in [1.165, 1.54) is 115 Å². The summed E-state index contributed by atoms with van der Waals surface area (Å²) in [5.41, 5.74) is 22.3. The second-order valence-corrected chi connectivity index (χ2v) is 25.3. The molecule has 0 aliphatic heterocycles. The Hall–Kier alpha value is -12.5. The van der Waals surface area contributed by atoms with E-state index in [0.717, 1.165) is 45.4 Å². The molecule has 0 amide bonds. The number of anilines is 6. The van der Waals surface area contributed by atoms with Crippen LogP contribution in [0.5, 0.6) is 0 Å². The van der Waals surface area contributed by atoms with E-state index in [1.54, 1.807) is 0 Å². The van der Waals surface area contributed by atoms with Crippen LogP contribution in [0.1, 0.15) is 5.56 Å². The van der Waals surface area contributed by atoms with E-state index in [0.29, 0.717) is 0 Å². The van der Waals surface area contributed by atoms with Crippen LogP contribution in [0.2, 0.25) is 1.41 Å². The van der Waals surface area contributed by atoms with Crippen LogP contribution in [0.15, 0.2) is 407 Å². The van der Waals surface area contributed by atoms with Gasteiger partial charge in [-0.25, -0.2) is 0 Å². The zero-order valence-electron chi connectivity index (χ0n) is 58.3. The number of para-hydroxylation sites is 2. The number of benzene rings is 17. The van der Waals surface area contributed by atoms with Gasteiger partial charge in [-0.05, 0) is 205 Å². The van der Waals surface area contributed by atoms with Crippen molar-refractivity contribution in [2.45, 2.75) is 6.92 Å². The van der Waals surface area contributed by atoms with Gasteiger partial charge in [-0.2, -0.15) is 0 Å². The van der Waals surface area contributed by atoms with Crippen LogP contribution in [0.3, 0.4) is 0 Å². The smallest absolute Gasteiger partial charge is 0.192 e. The Bertz CT molecular complexity index is 5750. The largest absolute Gasteiger partial charge is 0.310 e. The summed E-state index contributed by atoms with van der Waals surface area (Å²) >= 11 is 0. The third-order valence-corrected chi connectivity index (χ3v) is 19.1. The van der Waals surface area contributed by atoms with Gasteiger partial charge in [0.05, 0.1) is 11.4 Å². The van der Waals surface area contributed by atoms with E-state index < -0.39 is 0 Å². The molecule has 0 spiro atoms. The van der Waals surface area contributed by atoms with Gasteiger partial charge in [0.1, 0.15) is 0 Å². The molecule has 6 heteroatoms. The molecule has 0 unspecified atom stereocenters. The van der Waals surface area contributed by atoms with Crippen LogP contribution < -0.4 is 9.80 Å². The maximum absolute atomic E-state index is 5.75. The van der Waals surface area contributed by atoms with Gasteiger partial charge in [-0.15, -0.1) is 35.9 Å². The molecule has 0 aliphatic carbocycles. The fourth-order valence-corrected chi connectivity index (χ4v) is 14.1. The number of nitrogens with one attached hydrogen (secondary N) is 1. The SMILES string of the molecule is Cc1cccnc1-c1[c-]cccc1.[2H]N=P.[Ir].c1ccc(-c2ccc(-c3cccc(-c4cccc(-c5ccc6c7ccccc7c7ccccc7c6c5)c4)c3)cc2)cc1.c1ccc(N(c2ccc(-c3ccc(N(c4ccccc4)c4cccc5ccccc45)cc3)cc2)c2cccc3ccccc23)cc1. The first-order valence-electron chi connectivity index (χ1n) is 35.2. The molecule has 0 bridgehead atoms. The van der Waals surface area contributed by atoms with Gasteiger partial charge in [-0.3, -0.25) is 5.15 Å². The Morgan fingerprint density at radius 2 is 0.606 bits per heavy atom. The van der Waals surface area contributed by atoms with Crippen molar-refractivity contribution in [3.8, 4) is 66.9 Å². The normalized spacial score (nSPS) is 10.8. The van der Waals surface area contributed by atoms with Crippen LogP contribution in [-0.2, 0) is 20.1 Å². The molecule has 17 aromatic carbocycles. The van der Waals surface area contributed by atoms with E-state index >= 15 is 0 Å². The molecule has 0 aliphatic rings. The molecular formula is C98H72IrN4P-. The van der Waals surface area contributed by atoms with Gasteiger partial charge in [0.15, 0.2) is 1.41 Å². The van der Waals surface area contributed by atoms with Crippen molar-refractivity contribution in [3.05, 3.63) is 418 Å². The number of pyridine rings is 1. The minimum absolute atomic E-state index is 0. The standard InChI is InChI=1S/C44H32N2.C42H28.C12H10N.Ir.H2NP/c1-3-17-37(18-4-1)45(43-23-11-15-35-13-7-9-21-41(35)43)39-29-25-33(26-30-39)34-27-31-40(32-28-34)46(38-19-5-2-6-20-38)44-24-12-16-36-14-8-10-22-42(36)44;1-2-10-29(11-3-1)30-20-22-31(23-21-30)32-12-8-13-33(26-32)34-14-9-15-35(27-34)36-24-25-41-39-18-5-4-16-37(39)38-17-6-7-19-40(38)42(41)28-36;1-10-6-5-9-13-12(10)11-7-3-2-4-8-11;;1-2/h1-32H;1-28H;2-7,9H,1H3;;1-2H/q;;-1;;/i/hD. The monoisotopic (exact) mass is 1530 g/mol. The minimum atomic E-state index is 0. The fraction of sp³-hybridized carbons (Fsp3) is 0.0102. The molecule has 1 radical (unpaired) electrons. The average molecular weight is 1530 g/mol. The number of hydrogen-bond acceptors (Lipinski definition) is 4. The van der Waals surface area contributed by atoms with Crippen LogP contribution >= 0.6 is 9.03 Å². The van der Waals surface area contributed by atoms with Gasteiger partial charge < -0.3 is 14.8 Å². The molecule has 18 aromatic rings. The zero-order chi connectivity index (χ0) is 70.4. The van der Waals surface area contributed by atoms with Gasteiger partial charge in [0, 0.05) is 59.8 Å². The van der Waals surface area contributed by atoms with Crippen molar-refractivity contribution in [1.82, 2.24) is 4.98 Å². The maximum Gasteiger partial charge on any atom is 0.192 e. The van der Waals surface area contributed by atoms with Crippen molar-refractivity contribution >= 4 is 97.0 Å². The quantitative estimate of drug-likeness (QED) is 0.0753. The van der Waals surface area contributed by atoms with Gasteiger partial charge in [-0.1, -0.05) is 297 Å². The first-order chi connectivity index (χ1) is 51.4. The fourth-order valence-electron chi connectivity index (χ4n) is 14.1. The number of aromatic nitrogens is 1. The topological polar surface area (TPSA) is 43.2 Å². The summed E-state index contributed by atoms with van der Waals surface area (Å²) in [5.74, 6) is 0. The van der Waals surface area contributed by atoms with Gasteiger partial charge in [0.25, 0.3) is 0 Å². The summed E-state index contributed by atoms with van der Waals surface area (Å²) in [6.07, 6.45) is 1.81. The van der Waals surface area contributed by atoms with Gasteiger partial charge >= 0.3 is 0 Å². The number of aryl methyl sites for hydroxylation is 1. The number of fused-ring (bicyclic) bond motifs is 8. The second-order valence-electron chi connectivity index (χ2n) is 25.3. The van der Waals surface area contributed by atoms with Crippen molar-refractivity contribution in [2.24, 2.45) is 0 Å². The third-order valence-electron chi connectivity index (χ3n) is 19.1. The Kier molecular flexibility index (Phi) is 21.0. The van der Waals surface area contributed by atoms with E-state index in [9.17, 15) is 0 Å². The Morgan fingerprint density at radius 3 is 1.06 bits per heavy atom. The zero-order valence-corrected chi connectivity index (χ0v) is 60.7. The third kappa shape index (κ3) is 14.8. The molecular weight excluding hydrogens is 1460 g/mol. The number of hydrogen-bond donors (Lipinski definition) is 1. The second kappa shape index (κ2) is 32.5. The summed E-state index contributed by atoms with van der Waals surface area (Å²) in [7, 11) is 2.48. The summed E-state index contributed by atoms with van der Waals surface area (Å²) < 4.78 is 5.75. The van der Waals surface area contributed by atoms with Gasteiger partial charge in [0.2, 0.25) is 0 Å². The van der Waals surface area contributed by atoms with Crippen molar-refractivity contribution in [2.75, 3.05) is 9.80 Å². The molecule has 0 fully saturated rings. The van der Waals surface area contributed by atoms with E-state index in [-0.39, 0.29) is 20.1 Å². The molecule has 104 heavy (non-hydrogen) atoms. The van der Waals surface area contributed by atoms with Crippen LogP contribution in [-0.4, -0.2) is 4.98 Å². The first kappa shape index (κ1) is 67.4. The van der Waals surface area contributed by atoms with Crippen LogP contribution in [0.4, 0.5) is 34.1 Å². The number of nitrogens with zero attached hydrogens (tertiary/aromatic N) is 3. The predicted octanol–water partition coefficient (Wildman–Crippen LogP) is 28.2. The van der Waals surface area contributed by atoms with E-state index in [2.05, 4.69) is 412 Å². The molecule has 1 N–H and O–H groups in total. The van der Waals surface area contributed by atoms with Crippen LogP contribution in [0, 0.1) is 18.1 Å². The molecule has 0 saturated carbocycles. The summed E-state index contributed by atoms with van der Waals surface area (Å²) in [6, 6.07) is 146. The molecule has 0 saturated heterocycles. The van der Waals surface area contributed by atoms with Crippen molar-refractivity contribution < 1.29 is 21.5 Å². The first-order valence-corrected chi connectivity index (χ1v) is 35.2. The molecule has 499 valence electrons. The molecule has 4 nitrogen and oxygen atoms in total. The van der Waals surface area contributed by atoms with E-state index in [1.807, 2.05) is 36.5 Å². The molecule has 18 rings (SSSR count). The molecule has 1 aromatic heterocycles. The summed E-state index contributed by atoms with van der Waals surface area (Å²) in [5, 5.41) is 15.3. The predicted molar refractivity (Wildman–Crippen MR) is 441 cm³/mol. The summed E-state index contributed by atoms with van der Waals surface area (Å²) in [6.45, 7) is 2.06. The summed E-state index contributed by atoms with van der Waals surface area (Å²) in [4.78, 5) is 9.01. The Morgan fingerprint density at radius 1 is 0.288 bits per heavy atom. The van der Waals surface area contributed by atoms with E-state index in [4.69, 9.17) is 1.41 Å². The average Bonchev–Trinajstić information content (AvgIpc) is 0.744. The van der Waals surface area contributed by atoms with Crippen molar-refractivity contribution in [1.29, 1.82) is 5.15 Å².